The molecule has 86 valence electrons. The van der Waals surface area contributed by atoms with Gasteiger partial charge in [-0.05, 0) is 24.9 Å². The maximum atomic E-state index is 11.8. The van der Waals surface area contributed by atoms with Crippen LogP contribution in [-0.4, -0.2) is 34.0 Å². The Morgan fingerprint density at radius 3 is 3.00 bits per heavy atom. The summed E-state index contributed by atoms with van der Waals surface area (Å²) < 4.78 is 3.71. The summed E-state index contributed by atoms with van der Waals surface area (Å²) in [6, 6.07) is 0.00620. The lowest BCUT2D eigenvalue weighted by Gasteiger charge is -2.23. The first-order chi connectivity index (χ1) is 7.66. The Balaban J connectivity index is 1.93. The Morgan fingerprint density at radius 2 is 2.44 bits per heavy atom. The lowest BCUT2D eigenvalue weighted by atomic mass is 10.1. The van der Waals surface area contributed by atoms with E-state index in [1.807, 2.05) is 0 Å². The predicted octanol–water partition coefficient (Wildman–Crippen LogP) is -0.145. The molecule has 6 nitrogen and oxygen atoms in total. The minimum atomic E-state index is -0.159. The largest absolute Gasteiger partial charge is 0.354 e. The number of aryl methyl sites for hydroxylation is 1. The van der Waals surface area contributed by atoms with Crippen molar-refractivity contribution in [1.29, 1.82) is 0 Å². The van der Waals surface area contributed by atoms with Gasteiger partial charge in [0.2, 0.25) is 5.91 Å². The number of rotatable bonds is 2. The van der Waals surface area contributed by atoms with E-state index >= 15 is 0 Å². The third kappa shape index (κ3) is 2.35. The molecular formula is C9H12N4O2S. The summed E-state index contributed by atoms with van der Waals surface area (Å²) in [7, 11) is 0. The number of carbonyl (C=O) groups excluding carboxylic acids is 2. The normalized spacial score (nSPS) is 20.3. The van der Waals surface area contributed by atoms with Gasteiger partial charge in [-0.3, -0.25) is 9.59 Å². The highest BCUT2D eigenvalue weighted by Gasteiger charge is 2.21. The van der Waals surface area contributed by atoms with Crippen molar-refractivity contribution in [3.8, 4) is 0 Å². The van der Waals surface area contributed by atoms with Crippen molar-refractivity contribution in [1.82, 2.24) is 20.2 Å². The van der Waals surface area contributed by atoms with Gasteiger partial charge in [-0.1, -0.05) is 4.49 Å². The third-order valence-corrected chi connectivity index (χ3v) is 3.29. The van der Waals surface area contributed by atoms with Crippen LogP contribution in [0.3, 0.4) is 0 Å². The van der Waals surface area contributed by atoms with Crippen LogP contribution in [0, 0.1) is 6.92 Å². The van der Waals surface area contributed by atoms with Crippen LogP contribution < -0.4 is 10.6 Å². The number of hydrogen-bond donors (Lipinski definition) is 2. The minimum Gasteiger partial charge on any atom is -0.354 e. The molecule has 16 heavy (non-hydrogen) atoms. The summed E-state index contributed by atoms with van der Waals surface area (Å²) in [6.07, 6.45) is 1.15. The monoisotopic (exact) mass is 240 g/mol. The van der Waals surface area contributed by atoms with Crippen molar-refractivity contribution in [2.75, 3.05) is 6.54 Å². The van der Waals surface area contributed by atoms with Crippen molar-refractivity contribution in [2.45, 2.75) is 25.8 Å². The minimum absolute atomic E-state index is 0.00620. The second-order valence-corrected chi connectivity index (χ2v) is 4.45. The van der Waals surface area contributed by atoms with Crippen LogP contribution in [0.25, 0.3) is 0 Å². The van der Waals surface area contributed by atoms with Crippen molar-refractivity contribution >= 4 is 23.3 Å². The summed E-state index contributed by atoms with van der Waals surface area (Å²) in [5.41, 5.74) is 0.641. The fourth-order valence-electron chi connectivity index (χ4n) is 1.55. The number of aromatic nitrogens is 2. The van der Waals surface area contributed by atoms with Gasteiger partial charge in [0.15, 0.2) is 0 Å². The summed E-state index contributed by atoms with van der Waals surface area (Å²) in [6.45, 7) is 2.25. The van der Waals surface area contributed by atoms with Gasteiger partial charge >= 0.3 is 0 Å². The number of carbonyl (C=O) groups is 2. The molecule has 2 N–H and O–H groups in total. The fourth-order valence-corrected chi connectivity index (χ4v) is 2.11. The lowest BCUT2D eigenvalue weighted by molar-refractivity contribution is -0.122. The molecule has 2 heterocycles. The molecule has 2 rings (SSSR count). The smallest absolute Gasteiger partial charge is 0.265 e. The highest BCUT2D eigenvalue weighted by Crippen LogP contribution is 2.10. The van der Waals surface area contributed by atoms with E-state index in [1.54, 1.807) is 6.92 Å². The highest BCUT2D eigenvalue weighted by atomic mass is 32.1. The SMILES string of the molecule is Cc1nnsc1C(=O)NC1CCC(=O)NC1. The van der Waals surface area contributed by atoms with Gasteiger partial charge < -0.3 is 10.6 Å². The van der Waals surface area contributed by atoms with E-state index in [9.17, 15) is 9.59 Å². The van der Waals surface area contributed by atoms with Gasteiger partial charge in [0, 0.05) is 19.0 Å². The number of hydrogen-bond acceptors (Lipinski definition) is 5. The first-order valence-corrected chi connectivity index (χ1v) is 5.80. The molecule has 1 aliphatic rings. The fraction of sp³-hybridized carbons (Fsp3) is 0.556. The second-order valence-electron chi connectivity index (χ2n) is 3.70. The van der Waals surface area contributed by atoms with Crippen molar-refractivity contribution < 1.29 is 9.59 Å². The van der Waals surface area contributed by atoms with Crippen molar-refractivity contribution in [3.63, 3.8) is 0 Å². The molecule has 1 aromatic heterocycles. The zero-order valence-corrected chi connectivity index (χ0v) is 9.63. The number of piperidine rings is 1. The summed E-state index contributed by atoms with van der Waals surface area (Å²) in [5.74, 6) is -0.116. The van der Waals surface area contributed by atoms with E-state index in [-0.39, 0.29) is 17.9 Å². The van der Waals surface area contributed by atoms with Gasteiger partial charge in [-0.2, -0.15) is 0 Å². The van der Waals surface area contributed by atoms with Crippen LogP contribution >= 0.6 is 11.5 Å². The topological polar surface area (TPSA) is 84.0 Å². The van der Waals surface area contributed by atoms with Gasteiger partial charge in [0.25, 0.3) is 5.91 Å². The van der Waals surface area contributed by atoms with Gasteiger partial charge in [0.1, 0.15) is 4.88 Å². The maximum Gasteiger partial charge on any atom is 0.265 e. The first-order valence-electron chi connectivity index (χ1n) is 5.03. The molecule has 0 aliphatic carbocycles. The molecule has 0 bridgehead atoms. The Labute approximate surface area is 96.6 Å². The number of nitrogens with zero attached hydrogens (tertiary/aromatic N) is 2. The number of nitrogens with one attached hydrogen (secondary N) is 2. The number of amides is 2. The molecule has 0 aromatic carbocycles. The maximum absolute atomic E-state index is 11.8. The second kappa shape index (κ2) is 4.56. The highest BCUT2D eigenvalue weighted by molar-refractivity contribution is 7.08. The van der Waals surface area contributed by atoms with E-state index < -0.39 is 0 Å². The van der Waals surface area contributed by atoms with Crippen LogP contribution in [0.2, 0.25) is 0 Å². The van der Waals surface area contributed by atoms with Crippen LogP contribution in [0.15, 0.2) is 0 Å². The van der Waals surface area contributed by atoms with Crippen LogP contribution in [0.5, 0.6) is 0 Å². The van der Waals surface area contributed by atoms with Gasteiger partial charge in [-0.15, -0.1) is 5.10 Å². The third-order valence-electron chi connectivity index (χ3n) is 2.46. The van der Waals surface area contributed by atoms with Crippen molar-refractivity contribution in [3.05, 3.63) is 10.6 Å². The van der Waals surface area contributed by atoms with Crippen LogP contribution in [0.1, 0.15) is 28.2 Å². The van der Waals surface area contributed by atoms with E-state index in [0.29, 0.717) is 30.0 Å². The Morgan fingerprint density at radius 1 is 1.62 bits per heavy atom. The molecule has 7 heteroatoms. The molecular weight excluding hydrogens is 228 g/mol. The predicted molar refractivity (Wildman–Crippen MR) is 58.1 cm³/mol. The molecule has 1 aromatic rings. The molecule has 1 fully saturated rings. The van der Waals surface area contributed by atoms with E-state index in [2.05, 4.69) is 20.2 Å². The summed E-state index contributed by atoms with van der Waals surface area (Å²) in [5, 5.41) is 9.36. The molecule has 2 amide bonds. The summed E-state index contributed by atoms with van der Waals surface area (Å²) in [4.78, 5) is 23.3. The Bertz CT molecular complexity index is 407. The van der Waals surface area contributed by atoms with Gasteiger partial charge in [0.05, 0.1) is 5.69 Å². The first kappa shape index (κ1) is 11.0. The zero-order valence-electron chi connectivity index (χ0n) is 8.82. The molecule has 1 unspecified atom stereocenters. The molecule has 1 saturated heterocycles. The Hall–Kier alpha value is -1.50. The molecule has 1 aliphatic heterocycles. The van der Waals surface area contributed by atoms with Gasteiger partial charge in [-0.25, -0.2) is 0 Å². The molecule has 0 radical (unpaired) electrons. The average Bonchev–Trinajstić information content (AvgIpc) is 2.68. The van der Waals surface area contributed by atoms with E-state index in [4.69, 9.17) is 0 Å². The quantitative estimate of drug-likeness (QED) is 0.753. The lowest BCUT2D eigenvalue weighted by Crippen LogP contribution is -2.47. The molecule has 0 spiro atoms. The van der Waals surface area contributed by atoms with Crippen LogP contribution in [-0.2, 0) is 4.79 Å². The van der Waals surface area contributed by atoms with E-state index in [0.717, 1.165) is 11.5 Å². The Kier molecular flexibility index (Phi) is 3.14. The standard InChI is InChI=1S/C9H12N4O2S/c1-5-8(16-13-12-5)9(15)11-6-2-3-7(14)10-4-6/h6H,2-4H2,1H3,(H,10,14)(H,11,15). The zero-order chi connectivity index (χ0) is 11.5. The summed E-state index contributed by atoms with van der Waals surface area (Å²) >= 11 is 1.09. The molecule has 1 atom stereocenters. The average molecular weight is 240 g/mol. The van der Waals surface area contributed by atoms with E-state index in [1.165, 1.54) is 0 Å². The van der Waals surface area contributed by atoms with Crippen molar-refractivity contribution in [2.24, 2.45) is 0 Å². The molecule has 0 saturated carbocycles. The van der Waals surface area contributed by atoms with Crippen LogP contribution in [0.4, 0.5) is 0 Å².